The Morgan fingerprint density at radius 3 is 2.29 bits per heavy atom. The summed E-state index contributed by atoms with van der Waals surface area (Å²) in [5.74, 6) is -4.60. The Bertz CT molecular complexity index is 1600. The molecule has 1 atom stereocenters. The van der Waals surface area contributed by atoms with E-state index in [0.717, 1.165) is 10.4 Å². The summed E-state index contributed by atoms with van der Waals surface area (Å²) in [6.45, 7) is -1.47. The molecule has 0 unspecified atom stereocenters. The number of hydrogen-bond acceptors (Lipinski definition) is 4. The van der Waals surface area contributed by atoms with Crippen molar-refractivity contribution in [1.29, 1.82) is 0 Å². The van der Waals surface area contributed by atoms with Crippen LogP contribution in [-0.4, -0.2) is 39.2 Å². The van der Waals surface area contributed by atoms with Crippen molar-refractivity contribution in [2.45, 2.75) is 24.8 Å². The fourth-order valence-electron chi connectivity index (χ4n) is 4.63. The average Bonchev–Trinajstić information content (AvgIpc) is 3.34. The number of halogens is 4. The maximum atomic E-state index is 14.0. The Morgan fingerprint density at radius 1 is 1.00 bits per heavy atom. The summed E-state index contributed by atoms with van der Waals surface area (Å²) >= 11 is 12.1. The van der Waals surface area contributed by atoms with E-state index < -0.39 is 36.5 Å². The van der Waals surface area contributed by atoms with Gasteiger partial charge in [-0.3, -0.25) is 9.59 Å². The minimum absolute atomic E-state index is 0.0973. The van der Waals surface area contributed by atoms with Crippen LogP contribution in [0.1, 0.15) is 30.0 Å². The van der Waals surface area contributed by atoms with Crippen molar-refractivity contribution >= 4 is 45.7 Å². The molecule has 4 aromatic rings. The van der Waals surface area contributed by atoms with Crippen molar-refractivity contribution in [3.05, 3.63) is 104 Å². The first-order chi connectivity index (χ1) is 18.2. The Morgan fingerprint density at radius 2 is 1.63 bits per heavy atom. The Hall–Kier alpha value is -3.59. The molecule has 1 aliphatic heterocycles. The summed E-state index contributed by atoms with van der Waals surface area (Å²) in [5, 5.41) is 16.2. The number of nitrogens with zero attached hydrogens (tertiary/aromatic N) is 2. The molecule has 1 aromatic heterocycles. The van der Waals surface area contributed by atoms with E-state index in [0.29, 0.717) is 32.3 Å². The molecule has 3 aromatic carbocycles. The number of alkyl halides is 2. The third kappa shape index (κ3) is 5.07. The number of benzene rings is 3. The molecule has 2 N–H and O–H groups in total. The monoisotopic (exact) mass is 555 g/mol. The molecule has 194 valence electrons. The Kier molecular flexibility index (Phi) is 7.05. The van der Waals surface area contributed by atoms with Crippen LogP contribution in [0.4, 0.5) is 8.78 Å². The van der Waals surface area contributed by atoms with Gasteiger partial charge in [0, 0.05) is 32.9 Å². The lowest BCUT2D eigenvalue weighted by Crippen LogP contribution is -2.34. The van der Waals surface area contributed by atoms with Gasteiger partial charge in [-0.25, -0.2) is 13.8 Å². The summed E-state index contributed by atoms with van der Waals surface area (Å²) in [5.41, 5.74) is 2.57. The molecule has 5 rings (SSSR count). The van der Waals surface area contributed by atoms with Crippen LogP contribution < -0.4 is 5.56 Å². The van der Waals surface area contributed by atoms with Crippen molar-refractivity contribution in [1.82, 2.24) is 9.99 Å². The number of aliphatic hydroxyl groups is 1. The smallest absolute Gasteiger partial charge is 0.279 e. The number of carbonyl (C=O) groups excluding carboxylic acids is 1. The molecule has 1 amide bonds. The van der Waals surface area contributed by atoms with E-state index in [-0.39, 0.29) is 17.7 Å². The van der Waals surface area contributed by atoms with Crippen LogP contribution in [0.5, 0.6) is 0 Å². The lowest BCUT2D eigenvalue weighted by atomic mass is 9.91. The van der Waals surface area contributed by atoms with Crippen molar-refractivity contribution < 1.29 is 18.7 Å². The molecule has 0 bridgehead atoms. The number of aromatic nitrogens is 1. The van der Waals surface area contributed by atoms with E-state index in [1.165, 1.54) is 0 Å². The second-order valence-electron chi connectivity index (χ2n) is 9.00. The third-order valence-electron chi connectivity index (χ3n) is 6.40. The average molecular weight is 556 g/mol. The summed E-state index contributed by atoms with van der Waals surface area (Å²) in [6.07, 6.45) is -1.14. The highest BCUT2D eigenvalue weighted by Gasteiger charge is 2.40. The summed E-state index contributed by atoms with van der Waals surface area (Å²) < 4.78 is 28.0. The van der Waals surface area contributed by atoms with Gasteiger partial charge in [0.05, 0.1) is 23.7 Å². The van der Waals surface area contributed by atoms with E-state index in [9.17, 15) is 18.4 Å². The fourth-order valence-corrected chi connectivity index (χ4v) is 4.88. The van der Waals surface area contributed by atoms with Gasteiger partial charge >= 0.3 is 0 Å². The molecule has 0 radical (unpaired) electrons. The number of carbonyl (C=O) groups is 1. The number of hydrogen-bond donors (Lipinski definition) is 2. The SMILES string of the molecule is O=C(CC(F)(F)CO)N1N=C(c2c(-c3ccc(Cl)cc3)c3ccccc3[nH]c2=O)C[C@@H]1c1ccc(Cl)cc1. The minimum Gasteiger partial charge on any atom is -0.390 e. The predicted octanol–water partition coefficient (Wildman–Crippen LogP) is 6.20. The zero-order valence-corrected chi connectivity index (χ0v) is 21.3. The molecular weight excluding hydrogens is 535 g/mol. The summed E-state index contributed by atoms with van der Waals surface area (Å²) in [4.78, 5) is 29.4. The van der Waals surface area contributed by atoms with Crippen LogP contribution >= 0.6 is 23.2 Å². The van der Waals surface area contributed by atoms with Crippen molar-refractivity contribution in [2.24, 2.45) is 5.10 Å². The van der Waals surface area contributed by atoms with E-state index >= 15 is 0 Å². The molecule has 10 heteroatoms. The van der Waals surface area contributed by atoms with Gasteiger partial charge in [-0.15, -0.1) is 0 Å². The van der Waals surface area contributed by atoms with Gasteiger partial charge in [-0.2, -0.15) is 5.10 Å². The van der Waals surface area contributed by atoms with Crippen molar-refractivity contribution in [3.63, 3.8) is 0 Å². The van der Waals surface area contributed by atoms with Gasteiger partial charge in [0.1, 0.15) is 6.61 Å². The van der Waals surface area contributed by atoms with Gasteiger partial charge in [0.15, 0.2) is 0 Å². The Labute approximate surface area is 226 Å². The topological polar surface area (TPSA) is 85.8 Å². The van der Waals surface area contributed by atoms with Gasteiger partial charge in [-0.1, -0.05) is 65.7 Å². The van der Waals surface area contributed by atoms with E-state index in [4.69, 9.17) is 28.3 Å². The Balaban J connectivity index is 1.69. The van der Waals surface area contributed by atoms with Crippen LogP contribution in [0.3, 0.4) is 0 Å². The van der Waals surface area contributed by atoms with Gasteiger partial charge < -0.3 is 10.1 Å². The largest absolute Gasteiger partial charge is 0.390 e. The number of hydrazone groups is 1. The zero-order valence-electron chi connectivity index (χ0n) is 19.8. The molecule has 0 spiro atoms. The van der Waals surface area contributed by atoms with E-state index in [1.807, 2.05) is 12.1 Å². The van der Waals surface area contributed by atoms with Gasteiger partial charge in [0.2, 0.25) is 5.91 Å². The number of aliphatic hydroxyl groups excluding tert-OH is 1. The van der Waals surface area contributed by atoms with E-state index in [2.05, 4.69) is 10.1 Å². The number of aromatic amines is 1. The van der Waals surface area contributed by atoms with Gasteiger partial charge in [0.25, 0.3) is 11.5 Å². The number of H-pyrrole nitrogens is 1. The minimum atomic E-state index is -3.62. The maximum absolute atomic E-state index is 14.0. The molecule has 6 nitrogen and oxygen atoms in total. The van der Waals surface area contributed by atoms with Gasteiger partial charge in [-0.05, 0) is 41.5 Å². The van der Waals surface area contributed by atoms with Crippen LogP contribution in [0, 0.1) is 0 Å². The third-order valence-corrected chi connectivity index (χ3v) is 6.91. The first-order valence-electron chi connectivity index (χ1n) is 11.7. The first kappa shape index (κ1) is 26.0. The first-order valence-corrected chi connectivity index (χ1v) is 12.5. The number of fused-ring (bicyclic) bond motifs is 1. The summed E-state index contributed by atoms with van der Waals surface area (Å²) in [6, 6.07) is 20.1. The van der Waals surface area contributed by atoms with E-state index in [1.54, 1.807) is 60.7 Å². The zero-order chi connectivity index (χ0) is 27.0. The lowest BCUT2D eigenvalue weighted by molar-refractivity contribution is -0.143. The predicted molar refractivity (Wildman–Crippen MR) is 144 cm³/mol. The second kappa shape index (κ2) is 10.3. The van der Waals surface area contributed by atoms with Crippen LogP contribution in [0.15, 0.2) is 82.7 Å². The number of nitrogens with one attached hydrogen (secondary N) is 1. The number of rotatable bonds is 6. The maximum Gasteiger partial charge on any atom is 0.279 e. The standard InChI is InChI=1S/C28H21Cl2F2N3O3/c29-18-9-5-16(6-10-18)23-13-22(34-35(23)24(37)14-28(31,32)15-36)26-25(17-7-11-19(30)12-8-17)20-3-1-2-4-21(20)33-27(26)38/h1-12,23,36H,13-15H2,(H,33,38)/t23-/m1/s1. The summed E-state index contributed by atoms with van der Waals surface area (Å²) in [7, 11) is 0. The molecule has 0 fully saturated rings. The normalized spacial score (nSPS) is 15.7. The highest BCUT2D eigenvalue weighted by atomic mass is 35.5. The quantitative estimate of drug-likeness (QED) is 0.297. The van der Waals surface area contributed by atoms with Crippen LogP contribution in [-0.2, 0) is 4.79 Å². The highest BCUT2D eigenvalue weighted by molar-refractivity contribution is 6.31. The number of amides is 1. The number of pyridine rings is 1. The molecular formula is C28H21Cl2F2N3O3. The molecule has 38 heavy (non-hydrogen) atoms. The van der Waals surface area contributed by atoms with Crippen molar-refractivity contribution in [2.75, 3.05) is 6.61 Å². The second-order valence-corrected chi connectivity index (χ2v) is 9.88. The molecule has 0 aliphatic carbocycles. The molecule has 0 saturated carbocycles. The molecule has 1 aliphatic rings. The molecule has 2 heterocycles. The fraction of sp³-hybridized carbons (Fsp3) is 0.179. The highest BCUT2D eigenvalue weighted by Crippen LogP contribution is 2.38. The lowest BCUT2D eigenvalue weighted by Gasteiger charge is -2.24. The molecule has 0 saturated heterocycles. The number of para-hydroxylation sites is 1. The van der Waals surface area contributed by atoms with Crippen molar-refractivity contribution in [3.8, 4) is 11.1 Å². The van der Waals surface area contributed by atoms with Crippen LogP contribution in [0.2, 0.25) is 10.0 Å². The van der Waals surface area contributed by atoms with Crippen LogP contribution in [0.25, 0.3) is 22.0 Å².